The van der Waals surface area contributed by atoms with E-state index in [2.05, 4.69) is 25.5 Å². The van der Waals surface area contributed by atoms with Crippen LogP contribution in [0, 0.1) is 5.82 Å². The smallest absolute Gasteiger partial charge is 0.213 e. The lowest BCUT2D eigenvalue weighted by Gasteiger charge is -2.17. The van der Waals surface area contributed by atoms with Crippen LogP contribution in [-0.4, -0.2) is 33.3 Å². The molecule has 1 aliphatic rings. The van der Waals surface area contributed by atoms with Crippen molar-refractivity contribution in [2.24, 2.45) is 21.7 Å². The fourth-order valence-corrected chi connectivity index (χ4v) is 4.46. The van der Waals surface area contributed by atoms with Gasteiger partial charge >= 0.3 is 0 Å². The Morgan fingerprint density at radius 1 is 1.20 bits per heavy atom. The minimum Gasteiger partial charge on any atom is -0.481 e. The lowest BCUT2D eigenvalue weighted by Crippen LogP contribution is -2.23. The summed E-state index contributed by atoms with van der Waals surface area (Å²) < 4.78 is 22.7. The van der Waals surface area contributed by atoms with E-state index in [0.29, 0.717) is 30.2 Å². The van der Waals surface area contributed by atoms with Gasteiger partial charge in [-0.1, -0.05) is 6.07 Å². The number of fused-ring (bicyclic) bond motifs is 3. The number of hydrogen-bond donors (Lipinski definition) is 3. The molecule has 0 saturated heterocycles. The van der Waals surface area contributed by atoms with E-state index in [4.69, 9.17) is 16.2 Å². The molecular formula is C25H25FN8O. The summed E-state index contributed by atoms with van der Waals surface area (Å²) in [6.45, 7) is 0.401. The molecule has 0 atom stereocenters. The fourth-order valence-electron chi connectivity index (χ4n) is 4.46. The van der Waals surface area contributed by atoms with Crippen molar-refractivity contribution in [2.75, 3.05) is 12.4 Å². The minimum atomic E-state index is -0.376. The van der Waals surface area contributed by atoms with Gasteiger partial charge in [-0.15, -0.1) is 10.2 Å². The number of hydrogen-bond acceptors (Lipinski definition) is 6. The third-order valence-electron chi connectivity index (χ3n) is 5.91. The van der Waals surface area contributed by atoms with Crippen molar-refractivity contribution in [3.8, 4) is 5.88 Å². The Labute approximate surface area is 201 Å². The highest BCUT2D eigenvalue weighted by molar-refractivity contribution is 6.07. The van der Waals surface area contributed by atoms with Crippen LogP contribution in [0.4, 0.5) is 15.8 Å². The van der Waals surface area contributed by atoms with Crippen molar-refractivity contribution in [3.05, 3.63) is 77.6 Å². The molecule has 1 aliphatic carbocycles. The Morgan fingerprint density at radius 3 is 2.86 bits per heavy atom. The summed E-state index contributed by atoms with van der Waals surface area (Å²) in [5.74, 6) is 0.0193. The van der Waals surface area contributed by atoms with Crippen LogP contribution in [0.3, 0.4) is 0 Å². The highest BCUT2D eigenvalue weighted by atomic mass is 19.1. The van der Waals surface area contributed by atoms with Gasteiger partial charge < -0.3 is 26.1 Å². The van der Waals surface area contributed by atoms with Gasteiger partial charge in [-0.2, -0.15) is 0 Å². The van der Waals surface area contributed by atoms with Crippen molar-refractivity contribution in [1.29, 1.82) is 0 Å². The van der Waals surface area contributed by atoms with Gasteiger partial charge in [-0.3, -0.25) is 4.98 Å². The van der Waals surface area contributed by atoms with Crippen molar-refractivity contribution >= 4 is 33.9 Å². The van der Waals surface area contributed by atoms with E-state index in [1.54, 1.807) is 37.7 Å². The molecule has 0 radical (unpaired) electrons. The van der Waals surface area contributed by atoms with Crippen LogP contribution in [0.1, 0.15) is 29.8 Å². The average molecular weight is 473 g/mol. The number of methoxy groups -OCH3 is 1. The summed E-state index contributed by atoms with van der Waals surface area (Å²) in [7, 11) is 1.57. The SMILES string of the molecule is COc1cccc(Cn2c3c(c4cc(Nc5cccnc5)c(F)cc42)CCC/C3=N\N=C(N)N)n1. The zero-order valence-electron chi connectivity index (χ0n) is 19.2. The quantitative estimate of drug-likeness (QED) is 0.223. The Morgan fingerprint density at radius 2 is 2.09 bits per heavy atom. The number of rotatable bonds is 6. The van der Waals surface area contributed by atoms with Gasteiger partial charge in [0.05, 0.1) is 53.8 Å². The Balaban J connectivity index is 1.69. The van der Waals surface area contributed by atoms with E-state index in [1.165, 1.54) is 0 Å². The van der Waals surface area contributed by atoms with Gasteiger partial charge in [-0.25, -0.2) is 9.37 Å². The summed E-state index contributed by atoms with van der Waals surface area (Å²) in [4.78, 5) is 8.65. The molecule has 5 N–H and O–H groups in total. The number of guanidine groups is 1. The van der Waals surface area contributed by atoms with Crippen molar-refractivity contribution in [1.82, 2.24) is 14.5 Å². The number of nitrogens with two attached hydrogens (primary N) is 2. The van der Waals surface area contributed by atoms with Gasteiger partial charge in [0.2, 0.25) is 11.8 Å². The zero-order valence-corrected chi connectivity index (χ0v) is 19.2. The number of anilines is 2. The van der Waals surface area contributed by atoms with Crippen LogP contribution in [-0.2, 0) is 13.0 Å². The first kappa shape index (κ1) is 22.3. The number of pyridine rings is 2. The lowest BCUT2D eigenvalue weighted by atomic mass is 9.93. The summed E-state index contributed by atoms with van der Waals surface area (Å²) in [6, 6.07) is 12.6. The second-order valence-electron chi connectivity index (χ2n) is 8.23. The van der Waals surface area contributed by atoms with Crippen LogP contribution in [0.2, 0.25) is 0 Å². The third kappa shape index (κ3) is 4.50. The molecular weight excluding hydrogens is 447 g/mol. The van der Waals surface area contributed by atoms with E-state index < -0.39 is 0 Å². The highest BCUT2D eigenvalue weighted by Crippen LogP contribution is 2.36. The molecule has 0 saturated carbocycles. The predicted molar refractivity (Wildman–Crippen MR) is 135 cm³/mol. The summed E-state index contributed by atoms with van der Waals surface area (Å²) in [5.41, 5.74) is 16.4. The topological polar surface area (TPSA) is 129 Å². The predicted octanol–water partition coefficient (Wildman–Crippen LogP) is 3.68. The van der Waals surface area contributed by atoms with Crippen LogP contribution < -0.4 is 21.5 Å². The molecule has 0 bridgehead atoms. The van der Waals surface area contributed by atoms with E-state index in [9.17, 15) is 0 Å². The first-order valence-corrected chi connectivity index (χ1v) is 11.2. The Kier molecular flexibility index (Phi) is 6.01. The van der Waals surface area contributed by atoms with Crippen LogP contribution in [0.5, 0.6) is 5.88 Å². The van der Waals surface area contributed by atoms with Crippen molar-refractivity contribution < 1.29 is 9.13 Å². The summed E-state index contributed by atoms with van der Waals surface area (Å²) in [5, 5.41) is 12.3. The number of nitrogens with one attached hydrogen (secondary N) is 1. The molecule has 3 heterocycles. The molecule has 10 heteroatoms. The van der Waals surface area contributed by atoms with Gasteiger partial charge in [0.25, 0.3) is 0 Å². The maximum absolute atomic E-state index is 15.3. The van der Waals surface area contributed by atoms with E-state index in [-0.39, 0.29) is 11.8 Å². The fraction of sp³-hybridized carbons (Fsp3) is 0.200. The first-order chi connectivity index (χ1) is 17.0. The summed E-state index contributed by atoms with van der Waals surface area (Å²) >= 11 is 0. The molecule has 35 heavy (non-hydrogen) atoms. The Bertz CT molecular complexity index is 1440. The second kappa shape index (κ2) is 9.41. The molecule has 0 unspecified atom stereocenters. The van der Waals surface area contributed by atoms with Gasteiger partial charge in [0.15, 0.2) is 0 Å². The lowest BCUT2D eigenvalue weighted by molar-refractivity contribution is 0.396. The van der Waals surface area contributed by atoms with Crippen LogP contribution >= 0.6 is 0 Å². The van der Waals surface area contributed by atoms with Gasteiger partial charge in [0.1, 0.15) is 5.82 Å². The number of benzene rings is 1. The molecule has 0 aliphatic heterocycles. The van der Waals surface area contributed by atoms with Crippen LogP contribution in [0.25, 0.3) is 10.9 Å². The van der Waals surface area contributed by atoms with E-state index in [0.717, 1.165) is 46.4 Å². The van der Waals surface area contributed by atoms with Gasteiger partial charge in [0, 0.05) is 23.7 Å². The maximum Gasteiger partial charge on any atom is 0.213 e. The maximum atomic E-state index is 15.3. The molecule has 0 fully saturated rings. The monoisotopic (exact) mass is 472 g/mol. The highest BCUT2D eigenvalue weighted by Gasteiger charge is 2.26. The standard InChI is InChI=1S/C25H25FN8O/c1-35-23-9-2-5-16(31-23)14-34-22-12-19(26)21(30-15-6-4-10-29-13-15)11-18(22)17-7-3-8-20(24(17)34)32-33-25(27)28/h2,4-6,9-13,30H,3,7-8,14H2,1H3,(H4,27,28,33)/b32-20+. The molecule has 1 aromatic carbocycles. The molecule has 9 nitrogen and oxygen atoms in total. The number of ether oxygens (including phenoxy) is 1. The second-order valence-corrected chi connectivity index (χ2v) is 8.23. The molecule has 3 aromatic heterocycles. The molecule has 4 aromatic rings. The van der Waals surface area contributed by atoms with Crippen molar-refractivity contribution in [3.63, 3.8) is 0 Å². The summed E-state index contributed by atoms with van der Waals surface area (Å²) in [6.07, 6.45) is 5.73. The molecule has 0 amide bonds. The number of aryl methyl sites for hydroxylation is 1. The Hall–Kier alpha value is -4.47. The molecule has 0 spiro atoms. The normalized spacial score (nSPS) is 14.1. The van der Waals surface area contributed by atoms with E-state index in [1.807, 2.05) is 28.8 Å². The third-order valence-corrected chi connectivity index (χ3v) is 5.91. The number of nitrogens with zero attached hydrogens (tertiary/aromatic N) is 5. The van der Waals surface area contributed by atoms with Crippen molar-refractivity contribution in [2.45, 2.75) is 25.8 Å². The average Bonchev–Trinajstić information content (AvgIpc) is 3.16. The zero-order chi connectivity index (χ0) is 24.4. The number of halogens is 1. The number of aromatic nitrogens is 3. The first-order valence-electron chi connectivity index (χ1n) is 11.2. The van der Waals surface area contributed by atoms with Gasteiger partial charge in [-0.05, 0) is 49.1 Å². The van der Waals surface area contributed by atoms with E-state index >= 15 is 4.39 Å². The minimum absolute atomic E-state index is 0.115. The molecule has 178 valence electrons. The van der Waals surface area contributed by atoms with Crippen LogP contribution in [0.15, 0.2) is 65.1 Å². The largest absolute Gasteiger partial charge is 0.481 e. The molecule has 5 rings (SSSR count).